The lowest BCUT2D eigenvalue weighted by Crippen LogP contribution is -2.31. The normalized spacial score (nSPS) is 11.7. The summed E-state index contributed by atoms with van der Waals surface area (Å²) in [7, 11) is 1.13. The Morgan fingerprint density at radius 1 is 1.40 bits per heavy atom. The van der Waals surface area contributed by atoms with E-state index >= 15 is 0 Å². The molecule has 0 atom stereocenters. The fourth-order valence-corrected chi connectivity index (χ4v) is 1.59. The summed E-state index contributed by atoms with van der Waals surface area (Å²) in [4.78, 5) is 11.1. The highest BCUT2D eigenvalue weighted by atomic mass is 32.2. The van der Waals surface area contributed by atoms with Gasteiger partial charge in [0.2, 0.25) is 15.9 Å². The van der Waals surface area contributed by atoms with Gasteiger partial charge in [0, 0.05) is 34.2 Å². The van der Waals surface area contributed by atoms with Crippen LogP contribution < -0.4 is 5.32 Å². The number of nitrogens with zero attached hydrogens (tertiary/aromatic N) is 1. The Morgan fingerprint density at radius 2 is 2.00 bits per heavy atom. The number of ether oxygens (including phenoxy) is 1. The molecule has 0 heterocycles. The van der Waals surface area contributed by atoms with E-state index < -0.39 is 10.0 Å². The minimum absolute atomic E-state index is 0.0236. The van der Waals surface area contributed by atoms with E-state index in [1.54, 1.807) is 0 Å². The van der Waals surface area contributed by atoms with Crippen molar-refractivity contribution in [2.24, 2.45) is 0 Å². The van der Waals surface area contributed by atoms with E-state index in [9.17, 15) is 13.2 Å². The third-order valence-corrected chi connectivity index (χ3v) is 3.60. The lowest BCUT2D eigenvalue weighted by Gasteiger charge is -2.10. The first-order valence-electron chi connectivity index (χ1n) is 4.56. The Hall–Kier alpha value is -0.660. The summed E-state index contributed by atoms with van der Waals surface area (Å²) in [6, 6.07) is 0. The third kappa shape index (κ3) is 6.43. The maximum absolute atomic E-state index is 11.3. The van der Waals surface area contributed by atoms with Gasteiger partial charge in [-0.15, -0.1) is 0 Å². The third-order valence-electron chi connectivity index (χ3n) is 1.77. The zero-order chi connectivity index (χ0) is 11.9. The van der Waals surface area contributed by atoms with E-state index in [4.69, 9.17) is 4.74 Å². The highest BCUT2D eigenvalue weighted by Crippen LogP contribution is 1.96. The molecule has 1 amide bonds. The number of nitrogens with one attached hydrogen (secondary N) is 1. The van der Waals surface area contributed by atoms with E-state index in [2.05, 4.69) is 5.32 Å². The van der Waals surface area contributed by atoms with E-state index in [0.29, 0.717) is 13.2 Å². The summed E-state index contributed by atoms with van der Waals surface area (Å²) in [6.45, 7) is 0.823. The average Bonchev–Trinajstić information content (AvgIpc) is 2.15. The fraction of sp³-hybridized carbons (Fsp3) is 0.875. The largest absolute Gasteiger partial charge is 0.383 e. The molecule has 0 radical (unpaired) electrons. The van der Waals surface area contributed by atoms with Gasteiger partial charge in [0.25, 0.3) is 0 Å². The maximum atomic E-state index is 11.3. The van der Waals surface area contributed by atoms with Crippen LogP contribution in [0.4, 0.5) is 0 Å². The van der Waals surface area contributed by atoms with Crippen LogP contribution in [0.1, 0.15) is 6.42 Å². The number of amides is 1. The van der Waals surface area contributed by atoms with Crippen molar-refractivity contribution < 1.29 is 17.9 Å². The second kappa shape index (κ2) is 6.76. The van der Waals surface area contributed by atoms with Crippen LogP contribution in [0.15, 0.2) is 0 Å². The summed E-state index contributed by atoms with van der Waals surface area (Å²) in [5, 5.41) is 2.55. The number of hydrogen-bond donors (Lipinski definition) is 1. The molecule has 0 aliphatic rings. The molecule has 6 nitrogen and oxygen atoms in total. The van der Waals surface area contributed by atoms with Crippen molar-refractivity contribution >= 4 is 15.9 Å². The zero-order valence-electron chi connectivity index (χ0n) is 9.32. The molecule has 0 fully saturated rings. The van der Waals surface area contributed by atoms with Gasteiger partial charge >= 0.3 is 0 Å². The predicted molar refractivity (Wildman–Crippen MR) is 57.0 cm³/mol. The van der Waals surface area contributed by atoms with E-state index in [-0.39, 0.29) is 18.1 Å². The number of rotatable bonds is 7. The van der Waals surface area contributed by atoms with E-state index in [1.165, 1.54) is 21.2 Å². The second-order valence-corrected chi connectivity index (χ2v) is 5.49. The standard InChI is InChI=1S/C8H18N2O4S/c1-10(2)15(12,13)7-4-8(11)9-5-6-14-3/h4-7H2,1-3H3,(H,9,11). The van der Waals surface area contributed by atoms with Crippen molar-refractivity contribution in [3.8, 4) is 0 Å². The average molecular weight is 238 g/mol. The van der Waals surface area contributed by atoms with E-state index in [0.717, 1.165) is 4.31 Å². The van der Waals surface area contributed by atoms with Crippen LogP contribution in [0.5, 0.6) is 0 Å². The number of carbonyl (C=O) groups excluding carboxylic acids is 1. The molecule has 0 unspecified atom stereocenters. The summed E-state index contributed by atoms with van der Waals surface area (Å²) in [6.07, 6.45) is -0.0236. The summed E-state index contributed by atoms with van der Waals surface area (Å²) in [5.74, 6) is -0.448. The van der Waals surface area contributed by atoms with Crippen LogP contribution in [-0.2, 0) is 19.6 Å². The molecular formula is C8H18N2O4S. The van der Waals surface area contributed by atoms with Crippen LogP contribution in [0.2, 0.25) is 0 Å². The Kier molecular flexibility index (Phi) is 6.46. The van der Waals surface area contributed by atoms with Crippen molar-refractivity contribution in [2.45, 2.75) is 6.42 Å². The van der Waals surface area contributed by atoms with Crippen molar-refractivity contribution in [1.29, 1.82) is 0 Å². The molecule has 0 aromatic carbocycles. The zero-order valence-corrected chi connectivity index (χ0v) is 10.1. The highest BCUT2D eigenvalue weighted by molar-refractivity contribution is 7.89. The maximum Gasteiger partial charge on any atom is 0.221 e. The molecule has 1 N–H and O–H groups in total. The Bertz CT molecular complexity index is 287. The lowest BCUT2D eigenvalue weighted by atomic mass is 10.4. The Balaban J connectivity index is 3.81. The first kappa shape index (κ1) is 14.3. The molecule has 0 aliphatic carbocycles. The number of carbonyl (C=O) groups is 1. The first-order chi connectivity index (χ1) is 6.90. The molecule has 90 valence electrons. The predicted octanol–water partition coefficient (Wildman–Crippen LogP) is -0.969. The molecular weight excluding hydrogens is 220 g/mol. The quantitative estimate of drug-likeness (QED) is 0.579. The molecule has 0 aromatic heterocycles. The van der Waals surface area contributed by atoms with Gasteiger partial charge in [-0.05, 0) is 0 Å². The van der Waals surface area contributed by atoms with Crippen molar-refractivity contribution in [1.82, 2.24) is 9.62 Å². The molecule has 0 aliphatic heterocycles. The fourth-order valence-electron chi connectivity index (χ4n) is 0.785. The minimum Gasteiger partial charge on any atom is -0.383 e. The molecule has 0 rings (SSSR count). The molecule has 0 saturated carbocycles. The molecule has 0 bridgehead atoms. The van der Waals surface area contributed by atoms with Crippen molar-refractivity contribution in [3.05, 3.63) is 0 Å². The number of methoxy groups -OCH3 is 1. The summed E-state index contributed by atoms with van der Waals surface area (Å²) < 4.78 is 28.4. The highest BCUT2D eigenvalue weighted by Gasteiger charge is 2.15. The lowest BCUT2D eigenvalue weighted by molar-refractivity contribution is -0.120. The van der Waals surface area contributed by atoms with Gasteiger partial charge < -0.3 is 10.1 Å². The summed E-state index contributed by atoms with van der Waals surface area (Å²) >= 11 is 0. The number of sulfonamides is 1. The Morgan fingerprint density at radius 3 is 2.47 bits per heavy atom. The molecule has 15 heavy (non-hydrogen) atoms. The van der Waals surface area contributed by atoms with Gasteiger partial charge in [-0.2, -0.15) is 0 Å². The van der Waals surface area contributed by atoms with Gasteiger partial charge in [0.1, 0.15) is 0 Å². The number of hydrogen-bond acceptors (Lipinski definition) is 4. The van der Waals surface area contributed by atoms with E-state index in [1.807, 2.05) is 0 Å². The van der Waals surface area contributed by atoms with Gasteiger partial charge in [0.15, 0.2) is 0 Å². The van der Waals surface area contributed by atoms with Crippen LogP contribution in [0.25, 0.3) is 0 Å². The van der Waals surface area contributed by atoms with Crippen molar-refractivity contribution in [2.75, 3.05) is 40.1 Å². The molecule has 0 saturated heterocycles. The second-order valence-electron chi connectivity index (χ2n) is 3.19. The molecule has 0 spiro atoms. The molecule has 7 heteroatoms. The molecule has 0 aromatic rings. The van der Waals surface area contributed by atoms with Gasteiger partial charge in [-0.1, -0.05) is 0 Å². The monoisotopic (exact) mass is 238 g/mol. The van der Waals surface area contributed by atoms with Crippen LogP contribution >= 0.6 is 0 Å². The summed E-state index contributed by atoms with van der Waals surface area (Å²) in [5.41, 5.74) is 0. The Labute approximate surface area is 90.6 Å². The van der Waals surface area contributed by atoms with Crippen LogP contribution in [-0.4, -0.2) is 58.7 Å². The van der Waals surface area contributed by atoms with Gasteiger partial charge in [-0.3, -0.25) is 4.79 Å². The van der Waals surface area contributed by atoms with Gasteiger partial charge in [0.05, 0.1) is 12.4 Å². The van der Waals surface area contributed by atoms with Crippen molar-refractivity contribution in [3.63, 3.8) is 0 Å². The van der Waals surface area contributed by atoms with Gasteiger partial charge in [-0.25, -0.2) is 12.7 Å². The smallest absolute Gasteiger partial charge is 0.221 e. The SMILES string of the molecule is COCCNC(=O)CCS(=O)(=O)N(C)C. The minimum atomic E-state index is -3.28. The van der Waals surface area contributed by atoms with Crippen LogP contribution in [0, 0.1) is 0 Å². The van der Waals surface area contributed by atoms with Crippen LogP contribution in [0.3, 0.4) is 0 Å². The topological polar surface area (TPSA) is 75.7 Å². The first-order valence-corrected chi connectivity index (χ1v) is 6.17.